The van der Waals surface area contributed by atoms with Crippen LogP contribution in [0.3, 0.4) is 0 Å². The highest BCUT2D eigenvalue weighted by Crippen LogP contribution is 2.33. The van der Waals surface area contributed by atoms with Crippen LogP contribution in [-0.4, -0.2) is 11.4 Å². The Morgan fingerprint density at radius 1 is 1.00 bits per heavy atom. The van der Waals surface area contributed by atoms with Crippen molar-refractivity contribution in [1.29, 1.82) is 0 Å². The maximum atomic E-state index is 14.7. The molecule has 0 fully saturated rings. The van der Waals surface area contributed by atoms with Gasteiger partial charge in [0.1, 0.15) is 5.82 Å². The number of hydrogen-bond donors (Lipinski definition) is 0. The molecule has 1 aromatic heterocycles. The number of thiazole rings is 1. The summed E-state index contributed by atoms with van der Waals surface area (Å²) in [6, 6.07) is 18.8. The van der Waals surface area contributed by atoms with Gasteiger partial charge in [-0.25, -0.2) is 9.38 Å². The molecule has 3 aromatic carbocycles. The SMILES string of the molecule is Cc1cccc(N=c2scc(-c3ccccc3F)n2Cc2ccc3c(c2)OCO3)c1C. The quantitative estimate of drug-likeness (QED) is 0.398. The van der Waals surface area contributed by atoms with Crippen molar-refractivity contribution in [2.24, 2.45) is 4.99 Å². The van der Waals surface area contributed by atoms with E-state index in [-0.39, 0.29) is 12.6 Å². The Kier molecular flexibility index (Phi) is 5.08. The minimum atomic E-state index is -0.252. The maximum absolute atomic E-state index is 14.7. The largest absolute Gasteiger partial charge is 0.454 e. The minimum absolute atomic E-state index is 0.234. The number of aromatic nitrogens is 1. The molecule has 0 N–H and O–H groups in total. The number of aryl methyl sites for hydroxylation is 1. The van der Waals surface area contributed by atoms with Crippen LogP contribution >= 0.6 is 11.3 Å². The van der Waals surface area contributed by atoms with E-state index < -0.39 is 0 Å². The van der Waals surface area contributed by atoms with Crippen LogP contribution in [0, 0.1) is 19.7 Å². The van der Waals surface area contributed by atoms with Gasteiger partial charge in [0.25, 0.3) is 0 Å². The monoisotopic (exact) mass is 432 g/mol. The van der Waals surface area contributed by atoms with E-state index >= 15 is 0 Å². The van der Waals surface area contributed by atoms with E-state index in [4.69, 9.17) is 14.5 Å². The van der Waals surface area contributed by atoms with E-state index in [1.54, 1.807) is 12.1 Å². The van der Waals surface area contributed by atoms with Crippen LogP contribution in [0.15, 0.2) is 71.0 Å². The highest BCUT2D eigenvalue weighted by Gasteiger charge is 2.16. The lowest BCUT2D eigenvalue weighted by atomic mass is 10.1. The molecule has 0 amide bonds. The van der Waals surface area contributed by atoms with E-state index in [0.29, 0.717) is 12.1 Å². The van der Waals surface area contributed by atoms with Crippen molar-refractivity contribution in [2.45, 2.75) is 20.4 Å². The molecule has 0 saturated carbocycles. The fraction of sp³-hybridized carbons (Fsp3) is 0.160. The second kappa shape index (κ2) is 8.04. The van der Waals surface area contributed by atoms with Crippen LogP contribution in [0.2, 0.25) is 0 Å². The molecule has 0 unspecified atom stereocenters. The van der Waals surface area contributed by atoms with Gasteiger partial charge in [0.15, 0.2) is 16.3 Å². The number of benzene rings is 3. The molecule has 0 saturated heterocycles. The fourth-order valence-corrected chi connectivity index (χ4v) is 4.55. The van der Waals surface area contributed by atoms with Gasteiger partial charge in [-0.1, -0.05) is 30.3 Å². The zero-order chi connectivity index (χ0) is 21.4. The first kappa shape index (κ1) is 19.6. The van der Waals surface area contributed by atoms with Crippen molar-refractivity contribution in [2.75, 3.05) is 6.79 Å². The fourth-order valence-electron chi connectivity index (χ4n) is 3.64. The third kappa shape index (κ3) is 3.75. The summed E-state index contributed by atoms with van der Waals surface area (Å²) >= 11 is 1.51. The minimum Gasteiger partial charge on any atom is -0.454 e. The van der Waals surface area contributed by atoms with Crippen LogP contribution < -0.4 is 14.3 Å². The van der Waals surface area contributed by atoms with Gasteiger partial charge in [-0.3, -0.25) is 0 Å². The molecule has 0 bridgehead atoms. The van der Waals surface area contributed by atoms with Crippen molar-refractivity contribution in [3.8, 4) is 22.8 Å². The highest BCUT2D eigenvalue weighted by molar-refractivity contribution is 7.07. The Morgan fingerprint density at radius 2 is 1.84 bits per heavy atom. The molecule has 1 aliphatic heterocycles. The molecule has 2 heterocycles. The van der Waals surface area contributed by atoms with Crippen LogP contribution in [0.5, 0.6) is 11.5 Å². The van der Waals surface area contributed by atoms with Crippen molar-refractivity contribution in [3.05, 3.63) is 93.4 Å². The number of fused-ring (bicyclic) bond motifs is 1. The molecular weight excluding hydrogens is 411 g/mol. The molecule has 156 valence electrons. The van der Waals surface area contributed by atoms with Crippen LogP contribution in [-0.2, 0) is 6.54 Å². The van der Waals surface area contributed by atoms with E-state index in [2.05, 4.69) is 24.5 Å². The number of rotatable bonds is 4. The molecule has 1 aliphatic rings. The van der Waals surface area contributed by atoms with Crippen molar-refractivity contribution >= 4 is 17.0 Å². The third-order valence-corrected chi connectivity index (χ3v) is 6.38. The lowest BCUT2D eigenvalue weighted by Gasteiger charge is -2.11. The van der Waals surface area contributed by atoms with E-state index in [9.17, 15) is 4.39 Å². The molecule has 31 heavy (non-hydrogen) atoms. The van der Waals surface area contributed by atoms with E-state index in [0.717, 1.165) is 38.8 Å². The number of halogens is 1. The highest BCUT2D eigenvalue weighted by atomic mass is 32.1. The lowest BCUT2D eigenvalue weighted by molar-refractivity contribution is 0.174. The van der Waals surface area contributed by atoms with Crippen molar-refractivity contribution < 1.29 is 13.9 Å². The molecule has 4 aromatic rings. The number of hydrogen-bond acceptors (Lipinski definition) is 4. The van der Waals surface area contributed by atoms with Crippen LogP contribution in [0.1, 0.15) is 16.7 Å². The van der Waals surface area contributed by atoms with Crippen LogP contribution in [0.25, 0.3) is 11.3 Å². The van der Waals surface area contributed by atoms with Crippen molar-refractivity contribution in [1.82, 2.24) is 4.57 Å². The molecule has 0 spiro atoms. The van der Waals surface area contributed by atoms with Gasteiger partial charge in [0, 0.05) is 10.9 Å². The maximum Gasteiger partial charge on any atom is 0.231 e. The Morgan fingerprint density at radius 3 is 2.71 bits per heavy atom. The predicted octanol–water partition coefficient (Wildman–Crippen LogP) is 5.98. The number of nitrogens with zero attached hydrogens (tertiary/aromatic N) is 2. The standard InChI is InChI=1S/C25H21FN2O2S/c1-16-6-5-9-21(17(16)2)27-25-28(13-18-10-11-23-24(12-18)30-15-29-23)22(14-31-25)19-7-3-4-8-20(19)26/h3-12,14H,13,15H2,1-2H3. The Hall–Kier alpha value is -3.38. The summed E-state index contributed by atoms with van der Waals surface area (Å²) in [7, 11) is 0. The Bertz CT molecular complexity index is 1340. The average Bonchev–Trinajstić information content (AvgIpc) is 3.39. The predicted molar refractivity (Wildman–Crippen MR) is 121 cm³/mol. The summed E-state index contributed by atoms with van der Waals surface area (Å²) in [5.74, 6) is 1.22. The van der Waals surface area contributed by atoms with Gasteiger partial charge in [0.05, 0.1) is 17.9 Å². The van der Waals surface area contributed by atoms with Gasteiger partial charge in [-0.2, -0.15) is 0 Å². The van der Waals surface area contributed by atoms with Crippen molar-refractivity contribution in [3.63, 3.8) is 0 Å². The molecule has 0 atom stereocenters. The van der Waals surface area contributed by atoms with Crippen LogP contribution in [0.4, 0.5) is 10.1 Å². The molecule has 0 radical (unpaired) electrons. The first-order valence-electron chi connectivity index (χ1n) is 10.0. The summed E-state index contributed by atoms with van der Waals surface area (Å²) < 4.78 is 27.7. The average molecular weight is 433 g/mol. The molecule has 5 rings (SSSR count). The first-order valence-corrected chi connectivity index (χ1v) is 10.9. The summed E-state index contributed by atoms with van der Waals surface area (Å²) in [5.41, 5.74) is 5.63. The molecule has 4 nitrogen and oxygen atoms in total. The molecule has 6 heteroatoms. The molecular formula is C25H21FN2O2S. The Labute approximate surface area is 183 Å². The van der Waals surface area contributed by atoms with E-state index in [1.165, 1.54) is 23.0 Å². The summed E-state index contributed by atoms with van der Waals surface area (Å²) in [4.78, 5) is 5.76. The second-order valence-corrected chi connectivity index (χ2v) is 8.32. The number of ether oxygens (including phenoxy) is 2. The Balaban J connectivity index is 1.66. The van der Waals surface area contributed by atoms with Gasteiger partial charge in [-0.15, -0.1) is 11.3 Å². The second-order valence-electron chi connectivity index (χ2n) is 7.49. The summed E-state index contributed by atoms with van der Waals surface area (Å²) in [5, 5.41) is 1.97. The first-order chi connectivity index (χ1) is 15.1. The van der Waals surface area contributed by atoms with Gasteiger partial charge in [0.2, 0.25) is 6.79 Å². The third-order valence-electron chi connectivity index (χ3n) is 5.52. The van der Waals surface area contributed by atoms with Gasteiger partial charge >= 0.3 is 0 Å². The van der Waals surface area contributed by atoms with E-state index in [1.807, 2.05) is 41.8 Å². The molecule has 0 aliphatic carbocycles. The zero-order valence-electron chi connectivity index (χ0n) is 17.3. The van der Waals surface area contributed by atoms with Gasteiger partial charge in [-0.05, 0) is 60.9 Å². The zero-order valence-corrected chi connectivity index (χ0v) is 18.1. The normalized spacial score (nSPS) is 13.1. The summed E-state index contributed by atoms with van der Waals surface area (Å²) in [6.07, 6.45) is 0. The smallest absolute Gasteiger partial charge is 0.231 e. The van der Waals surface area contributed by atoms with Gasteiger partial charge < -0.3 is 14.0 Å². The topological polar surface area (TPSA) is 35.8 Å². The summed E-state index contributed by atoms with van der Waals surface area (Å²) in [6.45, 7) is 4.92. The lowest BCUT2D eigenvalue weighted by Crippen LogP contribution is -2.17.